The second-order valence-corrected chi connectivity index (χ2v) is 4.12. The number of aliphatic carboxylic acids is 1. The molecule has 0 aliphatic rings. The van der Waals surface area contributed by atoms with Crippen molar-refractivity contribution in [2.24, 2.45) is 0 Å². The predicted octanol–water partition coefficient (Wildman–Crippen LogP) is 2.38. The predicted molar refractivity (Wildman–Crippen MR) is 57.0 cm³/mol. The summed E-state index contributed by atoms with van der Waals surface area (Å²) >= 11 is 1.74. The first kappa shape index (κ1) is 12.3. The lowest BCUT2D eigenvalue weighted by Crippen LogP contribution is -2.19. The van der Waals surface area contributed by atoms with E-state index in [0.29, 0.717) is 9.26 Å². The SMILES string of the molecule is Cc1nn([C@H](C)C(=O)O)c(C(F)F)c1I. The van der Waals surface area contributed by atoms with Gasteiger partial charge in [-0.25, -0.2) is 18.3 Å². The van der Waals surface area contributed by atoms with Crippen molar-refractivity contribution in [1.82, 2.24) is 9.78 Å². The van der Waals surface area contributed by atoms with Crippen LogP contribution in [0.1, 0.15) is 30.8 Å². The minimum absolute atomic E-state index is 0.315. The van der Waals surface area contributed by atoms with Gasteiger partial charge in [0.15, 0.2) is 0 Å². The minimum Gasteiger partial charge on any atom is -0.480 e. The highest BCUT2D eigenvalue weighted by Gasteiger charge is 2.26. The summed E-state index contributed by atoms with van der Waals surface area (Å²) in [6, 6.07) is -1.09. The van der Waals surface area contributed by atoms with E-state index in [1.807, 2.05) is 0 Å². The van der Waals surface area contributed by atoms with E-state index in [1.54, 1.807) is 29.5 Å². The number of carboxylic acid groups (broad SMARTS) is 1. The fourth-order valence-electron chi connectivity index (χ4n) is 1.14. The van der Waals surface area contributed by atoms with Crippen LogP contribution in [-0.2, 0) is 4.79 Å². The van der Waals surface area contributed by atoms with Gasteiger partial charge in [-0.05, 0) is 36.4 Å². The van der Waals surface area contributed by atoms with Crippen molar-refractivity contribution in [2.45, 2.75) is 26.3 Å². The van der Waals surface area contributed by atoms with E-state index >= 15 is 0 Å². The number of carboxylic acids is 1. The van der Waals surface area contributed by atoms with Gasteiger partial charge in [-0.15, -0.1) is 0 Å². The van der Waals surface area contributed by atoms with Crippen molar-refractivity contribution in [1.29, 1.82) is 0 Å². The fourth-order valence-corrected chi connectivity index (χ4v) is 1.73. The highest BCUT2D eigenvalue weighted by Crippen LogP contribution is 2.28. The molecular formula is C8H9F2IN2O2. The van der Waals surface area contributed by atoms with Crippen LogP contribution in [0.3, 0.4) is 0 Å². The van der Waals surface area contributed by atoms with Crippen molar-refractivity contribution < 1.29 is 18.7 Å². The van der Waals surface area contributed by atoms with Gasteiger partial charge in [0.2, 0.25) is 0 Å². The molecule has 4 nitrogen and oxygen atoms in total. The van der Waals surface area contributed by atoms with E-state index in [1.165, 1.54) is 6.92 Å². The molecule has 1 rings (SSSR count). The average Bonchev–Trinajstić information content (AvgIpc) is 2.41. The first-order chi connectivity index (χ1) is 6.86. The zero-order chi connectivity index (χ0) is 11.7. The Kier molecular flexibility index (Phi) is 3.63. The van der Waals surface area contributed by atoms with E-state index in [9.17, 15) is 13.6 Å². The number of nitrogens with zero attached hydrogens (tertiary/aromatic N) is 2. The Hall–Kier alpha value is -0.730. The normalized spacial score (nSPS) is 13.2. The summed E-state index contributed by atoms with van der Waals surface area (Å²) in [6.07, 6.45) is -2.72. The Labute approximate surface area is 98.4 Å². The third-order valence-corrected chi connectivity index (χ3v) is 3.31. The third-order valence-electron chi connectivity index (χ3n) is 1.98. The molecule has 0 bridgehead atoms. The highest BCUT2D eigenvalue weighted by atomic mass is 127. The van der Waals surface area contributed by atoms with Crippen LogP contribution in [0.25, 0.3) is 0 Å². The Morgan fingerprint density at radius 2 is 2.13 bits per heavy atom. The zero-order valence-electron chi connectivity index (χ0n) is 8.04. The van der Waals surface area contributed by atoms with Gasteiger partial charge in [0.05, 0.1) is 9.26 Å². The van der Waals surface area contributed by atoms with Crippen LogP contribution in [-0.4, -0.2) is 20.9 Å². The minimum atomic E-state index is -2.72. The lowest BCUT2D eigenvalue weighted by molar-refractivity contribution is -0.140. The molecule has 0 radical (unpaired) electrons. The molecule has 1 aromatic rings. The van der Waals surface area contributed by atoms with Crippen molar-refractivity contribution in [3.63, 3.8) is 0 Å². The number of rotatable bonds is 3. The average molecular weight is 330 g/mol. The first-order valence-corrected chi connectivity index (χ1v) is 5.19. The standard InChI is InChI=1S/C8H9F2IN2O2/c1-3-5(11)6(7(9)10)13(12-3)4(2)8(14)15/h4,7H,1-2H3,(H,14,15)/t4-/m1/s1. The summed E-state index contributed by atoms with van der Waals surface area (Å²) in [5.41, 5.74) is 0.0852. The van der Waals surface area contributed by atoms with Crippen LogP contribution >= 0.6 is 22.6 Å². The van der Waals surface area contributed by atoms with Crippen molar-refractivity contribution >= 4 is 28.6 Å². The molecule has 84 valence electrons. The van der Waals surface area contributed by atoms with Gasteiger partial charge in [0.1, 0.15) is 11.7 Å². The maximum absolute atomic E-state index is 12.7. The smallest absolute Gasteiger partial charge is 0.328 e. The molecule has 7 heteroatoms. The molecule has 0 aliphatic carbocycles. The molecule has 1 atom stereocenters. The molecular weight excluding hydrogens is 321 g/mol. The molecule has 0 unspecified atom stereocenters. The third kappa shape index (κ3) is 2.27. The van der Waals surface area contributed by atoms with Crippen molar-refractivity contribution in [2.75, 3.05) is 0 Å². The molecule has 0 aliphatic heterocycles. The van der Waals surface area contributed by atoms with Gasteiger partial charge >= 0.3 is 5.97 Å². The van der Waals surface area contributed by atoms with Crippen LogP contribution in [0.4, 0.5) is 8.78 Å². The monoisotopic (exact) mass is 330 g/mol. The zero-order valence-corrected chi connectivity index (χ0v) is 10.2. The lowest BCUT2D eigenvalue weighted by Gasteiger charge is -2.10. The molecule has 1 N–H and O–H groups in total. The van der Waals surface area contributed by atoms with Gasteiger partial charge in [0.25, 0.3) is 6.43 Å². The van der Waals surface area contributed by atoms with Gasteiger partial charge in [0, 0.05) is 0 Å². The Balaban J connectivity index is 3.29. The number of alkyl halides is 2. The Morgan fingerprint density at radius 1 is 1.60 bits per heavy atom. The van der Waals surface area contributed by atoms with Crippen LogP contribution in [0.15, 0.2) is 0 Å². The molecule has 0 amide bonds. The summed E-state index contributed by atoms with van der Waals surface area (Å²) < 4.78 is 26.5. The largest absolute Gasteiger partial charge is 0.480 e. The number of carbonyl (C=O) groups is 1. The maximum atomic E-state index is 12.7. The van der Waals surface area contributed by atoms with E-state index in [4.69, 9.17) is 5.11 Å². The molecule has 1 aromatic heterocycles. The molecule has 15 heavy (non-hydrogen) atoms. The van der Waals surface area contributed by atoms with E-state index < -0.39 is 18.4 Å². The molecule has 1 heterocycles. The Bertz CT molecular complexity index is 392. The number of aryl methyl sites for hydroxylation is 1. The maximum Gasteiger partial charge on any atom is 0.328 e. The van der Waals surface area contributed by atoms with E-state index in [-0.39, 0.29) is 5.69 Å². The van der Waals surface area contributed by atoms with Gasteiger partial charge in [-0.3, -0.25) is 0 Å². The summed E-state index contributed by atoms with van der Waals surface area (Å²) in [5.74, 6) is -1.18. The van der Waals surface area contributed by atoms with Crippen molar-refractivity contribution in [3.8, 4) is 0 Å². The summed E-state index contributed by atoms with van der Waals surface area (Å²) in [6.45, 7) is 2.88. The quantitative estimate of drug-likeness (QED) is 0.866. The van der Waals surface area contributed by atoms with Gasteiger partial charge < -0.3 is 5.11 Å². The summed E-state index contributed by atoms with van der Waals surface area (Å²) in [5, 5.41) is 12.5. The second-order valence-electron chi connectivity index (χ2n) is 3.04. The fraction of sp³-hybridized carbons (Fsp3) is 0.500. The highest BCUT2D eigenvalue weighted by molar-refractivity contribution is 14.1. The molecule has 0 aromatic carbocycles. The lowest BCUT2D eigenvalue weighted by atomic mass is 10.3. The molecule has 0 saturated heterocycles. The van der Waals surface area contributed by atoms with E-state index in [0.717, 1.165) is 4.68 Å². The van der Waals surface area contributed by atoms with Crippen molar-refractivity contribution in [3.05, 3.63) is 15.0 Å². The summed E-state index contributed by atoms with van der Waals surface area (Å²) in [4.78, 5) is 10.7. The topological polar surface area (TPSA) is 55.1 Å². The van der Waals surface area contributed by atoms with Crippen LogP contribution in [0.5, 0.6) is 0 Å². The van der Waals surface area contributed by atoms with Gasteiger partial charge in [-0.1, -0.05) is 0 Å². The van der Waals surface area contributed by atoms with Crippen LogP contribution in [0.2, 0.25) is 0 Å². The second kappa shape index (κ2) is 4.42. The number of halogens is 3. The number of aromatic nitrogens is 2. The van der Waals surface area contributed by atoms with Gasteiger partial charge in [-0.2, -0.15) is 5.10 Å². The number of hydrogen-bond acceptors (Lipinski definition) is 2. The Morgan fingerprint density at radius 3 is 2.53 bits per heavy atom. The van der Waals surface area contributed by atoms with Crippen LogP contribution in [0, 0.1) is 10.5 Å². The molecule has 0 spiro atoms. The number of hydrogen-bond donors (Lipinski definition) is 1. The summed E-state index contributed by atoms with van der Waals surface area (Å²) in [7, 11) is 0. The molecule has 0 saturated carbocycles. The molecule has 0 fully saturated rings. The first-order valence-electron chi connectivity index (χ1n) is 4.11. The van der Waals surface area contributed by atoms with E-state index in [2.05, 4.69) is 5.10 Å². The van der Waals surface area contributed by atoms with Crippen LogP contribution < -0.4 is 0 Å².